The Morgan fingerprint density at radius 1 is 0.889 bits per heavy atom. The molecule has 146 valence electrons. The highest BCUT2D eigenvalue weighted by atomic mass is 16.7. The topological polar surface area (TPSA) is 77.4 Å². The van der Waals surface area contributed by atoms with Crippen molar-refractivity contribution in [3.8, 4) is 0 Å². The molecule has 3 rings (SSSR count). The van der Waals surface area contributed by atoms with Gasteiger partial charge in [0.2, 0.25) is 0 Å². The summed E-state index contributed by atoms with van der Waals surface area (Å²) < 4.78 is 23.3. The molecule has 1 saturated heterocycles. The fourth-order valence-electron chi connectivity index (χ4n) is 3.15. The van der Waals surface area contributed by atoms with Gasteiger partial charge < -0.3 is 29.2 Å². The van der Waals surface area contributed by atoms with Gasteiger partial charge in [-0.3, -0.25) is 0 Å². The first kappa shape index (κ1) is 19.9. The Morgan fingerprint density at radius 3 is 1.89 bits per heavy atom. The van der Waals surface area contributed by atoms with Gasteiger partial charge in [-0.1, -0.05) is 60.7 Å². The maximum absolute atomic E-state index is 10.2. The number of benzene rings is 2. The maximum Gasteiger partial charge on any atom is 0.186 e. The third-order valence-corrected chi connectivity index (χ3v) is 4.58. The maximum atomic E-state index is 10.2. The fraction of sp³-hybridized carbons (Fsp3) is 0.429. The molecule has 6 heteroatoms. The third-order valence-electron chi connectivity index (χ3n) is 4.58. The molecule has 2 aromatic carbocycles. The Labute approximate surface area is 159 Å². The van der Waals surface area contributed by atoms with Gasteiger partial charge in [0.25, 0.3) is 0 Å². The largest absolute Gasteiger partial charge is 0.394 e. The van der Waals surface area contributed by atoms with Crippen LogP contribution in [0.2, 0.25) is 0 Å². The SMILES string of the molecule is CO[C@H]1O[C@H]([C@@H](O)CO)[C@H](OCc2ccccc2)[C@H]1OCc1ccccc1. The molecule has 0 radical (unpaired) electrons. The van der Waals surface area contributed by atoms with E-state index in [2.05, 4.69) is 0 Å². The van der Waals surface area contributed by atoms with E-state index in [9.17, 15) is 10.2 Å². The zero-order valence-electron chi connectivity index (χ0n) is 15.3. The molecule has 27 heavy (non-hydrogen) atoms. The molecule has 0 aromatic heterocycles. The summed E-state index contributed by atoms with van der Waals surface area (Å²) in [6, 6.07) is 19.5. The van der Waals surface area contributed by atoms with Crippen molar-refractivity contribution in [3.63, 3.8) is 0 Å². The van der Waals surface area contributed by atoms with Crippen LogP contribution in [-0.4, -0.2) is 54.6 Å². The van der Waals surface area contributed by atoms with E-state index in [1.807, 2.05) is 60.7 Å². The first-order valence-electron chi connectivity index (χ1n) is 9.01. The number of aliphatic hydroxyl groups excluding tert-OH is 2. The molecule has 0 spiro atoms. The van der Waals surface area contributed by atoms with E-state index in [-0.39, 0.29) is 0 Å². The first-order valence-corrected chi connectivity index (χ1v) is 9.01. The molecule has 6 nitrogen and oxygen atoms in total. The number of hydrogen-bond acceptors (Lipinski definition) is 6. The molecule has 0 saturated carbocycles. The first-order chi connectivity index (χ1) is 13.2. The molecule has 0 amide bonds. The molecule has 0 aliphatic carbocycles. The molecule has 2 aromatic rings. The van der Waals surface area contributed by atoms with Crippen LogP contribution in [0.1, 0.15) is 11.1 Å². The second kappa shape index (κ2) is 9.94. The van der Waals surface area contributed by atoms with E-state index in [4.69, 9.17) is 18.9 Å². The Morgan fingerprint density at radius 2 is 1.41 bits per heavy atom. The van der Waals surface area contributed by atoms with E-state index < -0.39 is 37.3 Å². The van der Waals surface area contributed by atoms with E-state index in [0.29, 0.717) is 13.2 Å². The molecule has 1 heterocycles. The van der Waals surface area contributed by atoms with Crippen LogP contribution in [0.15, 0.2) is 60.7 Å². The van der Waals surface area contributed by atoms with Crippen LogP contribution < -0.4 is 0 Å². The van der Waals surface area contributed by atoms with Crippen LogP contribution in [0.5, 0.6) is 0 Å². The Balaban J connectivity index is 1.72. The molecular formula is C21H26O6. The highest BCUT2D eigenvalue weighted by molar-refractivity contribution is 5.14. The summed E-state index contributed by atoms with van der Waals surface area (Å²) in [6.07, 6.45) is -3.65. The van der Waals surface area contributed by atoms with Crippen LogP contribution in [-0.2, 0) is 32.2 Å². The van der Waals surface area contributed by atoms with E-state index in [0.717, 1.165) is 11.1 Å². The molecule has 1 fully saturated rings. The summed E-state index contributed by atoms with van der Waals surface area (Å²) in [6.45, 7) is 0.269. The fourth-order valence-corrected chi connectivity index (χ4v) is 3.15. The van der Waals surface area contributed by atoms with Gasteiger partial charge in [-0.15, -0.1) is 0 Å². The number of aliphatic hydroxyl groups is 2. The van der Waals surface area contributed by atoms with Crippen LogP contribution in [0, 0.1) is 0 Å². The minimum absolute atomic E-state index is 0.338. The number of methoxy groups -OCH3 is 1. The second-order valence-electron chi connectivity index (χ2n) is 6.48. The summed E-state index contributed by atoms with van der Waals surface area (Å²) in [5.74, 6) is 0. The summed E-state index contributed by atoms with van der Waals surface area (Å²) in [4.78, 5) is 0. The second-order valence-corrected chi connectivity index (χ2v) is 6.48. The average molecular weight is 374 g/mol. The summed E-state index contributed by atoms with van der Waals surface area (Å²) in [5.41, 5.74) is 2.01. The highest BCUT2D eigenvalue weighted by Gasteiger charge is 2.49. The van der Waals surface area contributed by atoms with Crippen molar-refractivity contribution in [2.75, 3.05) is 13.7 Å². The number of rotatable bonds is 9. The lowest BCUT2D eigenvalue weighted by atomic mass is 10.1. The average Bonchev–Trinajstić information content (AvgIpc) is 3.09. The van der Waals surface area contributed by atoms with Crippen molar-refractivity contribution in [1.29, 1.82) is 0 Å². The smallest absolute Gasteiger partial charge is 0.186 e. The van der Waals surface area contributed by atoms with Gasteiger partial charge in [-0.2, -0.15) is 0 Å². The van der Waals surface area contributed by atoms with Gasteiger partial charge in [0.15, 0.2) is 6.29 Å². The minimum atomic E-state index is -1.09. The predicted molar refractivity (Wildman–Crippen MR) is 98.8 cm³/mol. The van der Waals surface area contributed by atoms with Crippen LogP contribution >= 0.6 is 0 Å². The highest BCUT2D eigenvalue weighted by Crippen LogP contribution is 2.30. The lowest BCUT2D eigenvalue weighted by Crippen LogP contribution is -2.43. The molecule has 5 atom stereocenters. The van der Waals surface area contributed by atoms with Crippen molar-refractivity contribution in [2.24, 2.45) is 0 Å². The Kier molecular flexibility index (Phi) is 7.34. The monoisotopic (exact) mass is 374 g/mol. The van der Waals surface area contributed by atoms with Gasteiger partial charge in [-0.05, 0) is 11.1 Å². The van der Waals surface area contributed by atoms with E-state index >= 15 is 0 Å². The summed E-state index contributed by atoms with van der Waals surface area (Å²) in [5, 5.41) is 19.6. The summed E-state index contributed by atoms with van der Waals surface area (Å²) in [7, 11) is 1.52. The third kappa shape index (κ3) is 5.13. The van der Waals surface area contributed by atoms with Gasteiger partial charge in [0, 0.05) is 7.11 Å². The number of hydrogen-bond donors (Lipinski definition) is 2. The van der Waals surface area contributed by atoms with Crippen molar-refractivity contribution >= 4 is 0 Å². The predicted octanol–water partition coefficient (Wildman–Crippen LogP) is 1.88. The molecule has 2 N–H and O–H groups in total. The zero-order valence-corrected chi connectivity index (χ0v) is 15.3. The van der Waals surface area contributed by atoms with Crippen LogP contribution in [0.4, 0.5) is 0 Å². The van der Waals surface area contributed by atoms with Crippen molar-refractivity contribution in [2.45, 2.75) is 43.9 Å². The van der Waals surface area contributed by atoms with Crippen molar-refractivity contribution in [1.82, 2.24) is 0 Å². The van der Waals surface area contributed by atoms with E-state index in [1.54, 1.807) is 0 Å². The Hall–Kier alpha value is -1.80. The minimum Gasteiger partial charge on any atom is -0.394 e. The summed E-state index contributed by atoms with van der Waals surface area (Å²) >= 11 is 0. The molecule has 0 bridgehead atoms. The lowest BCUT2D eigenvalue weighted by molar-refractivity contribution is -0.177. The van der Waals surface area contributed by atoms with Crippen LogP contribution in [0.25, 0.3) is 0 Å². The normalized spacial score (nSPS) is 26.2. The molecule has 1 aliphatic rings. The zero-order chi connectivity index (χ0) is 19.1. The molecule has 0 unspecified atom stereocenters. The molecule has 1 aliphatic heterocycles. The quantitative estimate of drug-likeness (QED) is 0.698. The number of ether oxygens (including phenoxy) is 4. The molecular weight excluding hydrogens is 348 g/mol. The van der Waals surface area contributed by atoms with Crippen molar-refractivity contribution in [3.05, 3.63) is 71.8 Å². The van der Waals surface area contributed by atoms with Gasteiger partial charge >= 0.3 is 0 Å². The Bertz CT molecular complexity index is 665. The lowest BCUT2D eigenvalue weighted by Gasteiger charge is -2.26. The van der Waals surface area contributed by atoms with Crippen LogP contribution in [0.3, 0.4) is 0 Å². The standard InChI is InChI=1S/C21H26O6/c1-24-21-20(26-14-16-10-6-3-7-11-16)19(18(27-21)17(23)12-22)25-13-15-8-4-2-5-9-15/h2-11,17-23H,12-14H2,1H3/t17-,18+,19-,20+,21-/m0/s1. The van der Waals surface area contributed by atoms with Crippen molar-refractivity contribution < 1.29 is 29.2 Å². The van der Waals surface area contributed by atoms with E-state index in [1.165, 1.54) is 7.11 Å². The van der Waals surface area contributed by atoms with Gasteiger partial charge in [0.05, 0.1) is 19.8 Å². The van der Waals surface area contributed by atoms with Gasteiger partial charge in [0.1, 0.15) is 24.4 Å². The van der Waals surface area contributed by atoms with Gasteiger partial charge in [-0.25, -0.2) is 0 Å².